The van der Waals surface area contributed by atoms with Crippen molar-refractivity contribution < 1.29 is 9.18 Å². The lowest BCUT2D eigenvalue weighted by molar-refractivity contribution is 0.0863. The molecule has 1 N–H and O–H groups in total. The first-order valence-electron chi connectivity index (χ1n) is 6.80. The summed E-state index contributed by atoms with van der Waals surface area (Å²) in [7, 11) is 0. The van der Waals surface area contributed by atoms with Crippen molar-refractivity contribution >= 4 is 29.1 Å². The summed E-state index contributed by atoms with van der Waals surface area (Å²) in [6.07, 6.45) is 3.78. The van der Waals surface area contributed by atoms with Crippen LogP contribution in [0, 0.1) is 11.7 Å². The Balaban J connectivity index is 2.21. The highest BCUT2D eigenvalue weighted by atomic mass is 35.5. The van der Waals surface area contributed by atoms with Gasteiger partial charge in [0.25, 0.3) is 5.91 Å². The van der Waals surface area contributed by atoms with Crippen molar-refractivity contribution in [2.45, 2.75) is 38.1 Å². The monoisotopic (exact) mass is 317 g/mol. The molecule has 2 unspecified atom stereocenters. The molecule has 0 spiro atoms. The van der Waals surface area contributed by atoms with Gasteiger partial charge in [0.15, 0.2) is 0 Å². The van der Waals surface area contributed by atoms with Gasteiger partial charge in [0, 0.05) is 5.88 Å². The van der Waals surface area contributed by atoms with E-state index in [1.807, 2.05) is 0 Å². The van der Waals surface area contributed by atoms with Crippen LogP contribution in [0.15, 0.2) is 18.2 Å². The normalized spacial score (nSPS) is 26.3. The van der Waals surface area contributed by atoms with Crippen molar-refractivity contribution in [2.24, 2.45) is 5.92 Å². The Morgan fingerprint density at radius 2 is 2.30 bits per heavy atom. The fraction of sp³-hybridized carbons (Fsp3) is 0.533. The Morgan fingerprint density at radius 1 is 1.55 bits per heavy atom. The third-order valence-electron chi connectivity index (χ3n) is 3.92. The number of nitrogens with one attached hydrogen (secondary N) is 1. The van der Waals surface area contributed by atoms with Crippen LogP contribution < -0.4 is 5.32 Å². The molecule has 1 aromatic rings. The second-order valence-electron chi connectivity index (χ2n) is 5.67. The van der Waals surface area contributed by atoms with E-state index < -0.39 is 17.3 Å². The van der Waals surface area contributed by atoms with E-state index in [1.54, 1.807) is 0 Å². The van der Waals surface area contributed by atoms with Crippen LogP contribution in [-0.4, -0.2) is 17.3 Å². The molecule has 0 heterocycles. The van der Waals surface area contributed by atoms with E-state index in [1.165, 1.54) is 18.2 Å². The first-order valence-corrected chi connectivity index (χ1v) is 7.71. The van der Waals surface area contributed by atoms with Crippen molar-refractivity contribution in [3.8, 4) is 0 Å². The van der Waals surface area contributed by atoms with Crippen molar-refractivity contribution in [3.05, 3.63) is 34.6 Å². The second kappa shape index (κ2) is 6.31. The molecule has 2 atom stereocenters. The van der Waals surface area contributed by atoms with E-state index in [-0.39, 0.29) is 10.6 Å². The Kier molecular flexibility index (Phi) is 4.92. The van der Waals surface area contributed by atoms with Crippen LogP contribution in [-0.2, 0) is 0 Å². The highest BCUT2D eigenvalue weighted by Gasteiger charge is 2.36. The molecule has 20 heavy (non-hydrogen) atoms. The molecule has 0 aliphatic heterocycles. The highest BCUT2D eigenvalue weighted by molar-refractivity contribution is 6.33. The number of carbonyl (C=O) groups excluding carboxylic acids is 1. The van der Waals surface area contributed by atoms with Crippen LogP contribution >= 0.6 is 23.2 Å². The van der Waals surface area contributed by atoms with Crippen LogP contribution in [0.3, 0.4) is 0 Å². The number of carbonyl (C=O) groups is 1. The standard InChI is InChI=1S/C15H18Cl2FNO/c1-10-4-3-7-15(8-10,9-16)19-14(20)13-11(17)5-2-6-12(13)18/h2,5-6,10H,3-4,7-9H2,1H3,(H,19,20). The average Bonchev–Trinajstić information content (AvgIpc) is 2.38. The van der Waals surface area contributed by atoms with E-state index in [9.17, 15) is 9.18 Å². The van der Waals surface area contributed by atoms with E-state index in [0.717, 1.165) is 25.7 Å². The number of benzene rings is 1. The molecule has 1 amide bonds. The lowest BCUT2D eigenvalue weighted by atomic mass is 9.77. The predicted molar refractivity (Wildman–Crippen MR) is 80.0 cm³/mol. The summed E-state index contributed by atoms with van der Waals surface area (Å²) in [5, 5.41) is 3.04. The molecule has 0 saturated heterocycles. The minimum atomic E-state index is -0.608. The Labute approximate surface area is 128 Å². The molecule has 0 aromatic heterocycles. The number of hydrogen-bond donors (Lipinski definition) is 1. The largest absolute Gasteiger partial charge is 0.345 e. The van der Waals surface area contributed by atoms with Crippen LogP contribution in [0.2, 0.25) is 5.02 Å². The number of amides is 1. The van der Waals surface area contributed by atoms with Crippen LogP contribution in [0.1, 0.15) is 43.0 Å². The number of rotatable bonds is 3. The molecule has 0 bridgehead atoms. The molecule has 1 saturated carbocycles. The zero-order valence-electron chi connectivity index (χ0n) is 11.4. The minimum Gasteiger partial charge on any atom is -0.345 e. The summed E-state index contributed by atoms with van der Waals surface area (Å²) in [4.78, 5) is 12.3. The van der Waals surface area contributed by atoms with E-state index in [0.29, 0.717) is 11.8 Å². The van der Waals surface area contributed by atoms with Crippen molar-refractivity contribution in [1.29, 1.82) is 0 Å². The lowest BCUT2D eigenvalue weighted by Gasteiger charge is -2.39. The van der Waals surface area contributed by atoms with Gasteiger partial charge in [-0.05, 0) is 30.9 Å². The molecule has 1 fully saturated rings. The summed E-state index contributed by atoms with van der Waals surface area (Å²) in [6.45, 7) is 2.14. The van der Waals surface area contributed by atoms with Gasteiger partial charge >= 0.3 is 0 Å². The molecule has 1 aromatic carbocycles. The lowest BCUT2D eigenvalue weighted by Crippen LogP contribution is -2.52. The van der Waals surface area contributed by atoms with Gasteiger partial charge in [-0.2, -0.15) is 0 Å². The maximum absolute atomic E-state index is 13.8. The highest BCUT2D eigenvalue weighted by Crippen LogP contribution is 2.34. The summed E-state index contributed by atoms with van der Waals surface area (Å²) >= 11 is 12.0. The van der Waals surface area contributed by atoms with Gasteiger partial charge in [-0.1, -0.05) is 37.4 Å². The zero-order chi connectivity index (χ0) is 14.8. The summed E-state index contributed by atoms with van der Waals surface area (Å²) in [5.41, 5.74) is -0.557. The Hall–Kier alpha value is -0.800. The average molecular weight is 318 g/mol. The first kappa shape index (κ1) is 15.6. The third kappa shape index (κ3) is 3.26. The van der Waals surface area contributed by atoms with Gasteiger partial charge in [-0.15, -0.1) is 11.6 Å². The van der Waals surface area contributed by atoms with Gasteiger partial charge in [0.1, 0.15) is 5.82 Å². The van der Waals surface area contributed by atoms with Crippen molar-refractivity contribution in [3.63, 3.8) is 0 Å². The van der Waals surface area contributed by atoms with Gasteiger partial charge in [0.2, 0.25) is 0 Å². The van der Waals surface area contributed by atoms with Gasteiger partial charge in [-0.3, -0.25) is 4.79 Å². The molecule has 2 rings (SSSR count). The third-order valence-corrected chi connectivity index (χ3v) is 4.74. The quantitative estimate of drug-likeness (QED) is 0.823. The van der Waals surface area contributed by atoms with Gasteiger partial charge in [0.05, 0.1) is 16.1 Å². The maximum Gasteiger partial charge on any atom is 0.256 e. The van der Waals surface area contributed by atoms with E-state index in [4.69, 9.17) is 23.2 Å². The van der Waals surface area contributed by atoms with Crippen molar-refractivity contribution in [2.75, 3.05) is 5.88 Å². The van der Waals surface area contributed by atoms with Crippen LogP contribution in [0.5, 0.6) is 0 Å². The molecule has 0 radical (unpaired) electrons. The topological polar surface area (TPSA) is 29.1 Å². The summed E-state index contributed by atoms with van der Waals surface area (Å²) < 4.78 is 13.8. The van der Waals surface area contributed by atoms with Gasteiger partial charge < -0.3 is 5.32 Å². The maximum atomic E-state index is 13.8. The molecular formula is C15H18Cl2FNO. The van der Waals surface area contributed by atoms with Crippen molar-refractivity contribution in [1.82, 2.24) is 5.32 Å². The summed E-state index contributed by atoms with van der Waals surface area (Å²) in [6, 6.07) is 4.22. The Morgan fingerprint density at radius 3 is 2.90 bits per heavy atom. The molecule has 110 valence electrons. The smallest absolute Gasteiger partial charge is 0.256 e. The fourth-order valence-electron chi connectivity index (χ4n) is 2.95. The number of halogens is 3. The minimum absolute atomic E-state index is 0.100. The summed E-state index contributed by atoms with van der Waals surface area (Å²) in [5.74, 6) is -0.264. The molecule has 1 aliphatic carbocycles. The van der Waals surface area contributed by atoms with Crippen LogP contribution in [0.25, 0.3) is 0 Å². The zero-order valence-corrected chi connectivity index (χ0v) is 12.9. The predicted octanol–water partition coefficient (Wildman–Crippen LogP) is 4.40. The molecule has 1 aliphatic rings. The van der Waals surface area contributed by atoms with E-state index >= 15 is 0 Å². The molecule has 2 nitrogen and oxygen atoms in total. The molecular weight excluding hydrogens is 300 g/mol. The Bertz CT molecular complexity index is 488. The van der Waals surface area contributed by atoms with Crippen LogP contribution in [0.4, 0.5) is 4.39 Å². The number of alkyl halides is 1. The fourth-order valence-corrected chi connectivity index (χ4v) is 3.50. The first-order chi connectivity index (χ1) is 9.47. The number of hydrogen-bond acceptors (Lipinski definition) is 1. The van der Waals surface area contributed by atoms with E-state index in [2.05, 4.69) is 12.2 Å². The SMILES string of the molecule is CC1CCCC(CCl)(NC(=O)c2c(F)cccc2Cl)C1. The molecule has 5 heteroatoms. The van der Waals surface area contributed by atoms with Gasteiger partial charge in [-0.25, -0.2) is 4.39 Å². The second-order valence-corrected chi connectivity index (χ2v) is 6.34.